The van der Waals surface area contributed by atoms with Gasteiger partial charge in [-0.05, 0) is 26.7 Å². The Morgan fingerprint density at radius 2 is 2.23 bits per heavy atom. The lowest BCUT2D eigenvalue weighted by Crippen LogP contribution is -2.51. The second-order valence-corrected chi connectivity index (χ2v) is 5.73. The third-order valence-electron chi connectivity index (χ3n) is 2.22. The average molecular weight is 207 g/mol. The minimum absolute atomic E-state index is 0.128. The Morgan fingerprint density at radius 3 is 2.69 bits per heavy atom. The summed E-state index contributed by atoms with van der Waals surface area (Å²) in [6, 6.07) is 0. The van der Waals surface area contributed by atoms with Crippen molar-refractivity contribution < 1.29 is 13.2 Å². The first-order valence-corrected chi connectivity index (χ1v) is 6.22. The van der Waals surface area contributed by atoms with E-state index < -0.39 is 15.6 Å². The monoisotopic (exact) mass is 207 g/mol. The third-order valence-corrected chi connectivity index (χ3v) is 3.78. The maximum atomic E-state index is 11.3. The first kappa shape index (κ1) is 10.9. The molecule has 1 aliphatic heterocycles. The van der Waals surface area contributed by atoms with Gasteiger partial charge in [-0.15, -0.1) is 0 Å². The number of sulfonamides is 1. The van der Waals surface area contributed by atoms with Gasteiger partial charge >= 0.3 is 0 Å². The van der Waals surface area contributed by atoms with Gasteiger partial charge in [0.1, 0.15) is 0 Å². The molecular weight excluding hydrogens is 190 g/mol. The molecule has 78 valence electrons. The Morgan fingerprint density at radius 1 is 1.54 bits per heavy atom. The molecule has 0 aromatic carbocycles. The van der Waals surface area contributed by atoms with Crippen LogP contribution in [0.1, 0.15) is 26.7 Å². The Labute approximate surface area is 79.7 Å². The molecule has 1 N–H and O–H groups in total. The Hall–Kier alpha value is -0.130. The molecule has 13 heavy (non-hydrogen) atoms. The van der Waals surface area contributed by atoms with Crippen LogP contribution in [0.2, 0.25) is 0 Å². The largest absolute Gasteiger partial charge is 0.380 e. The molecule has 0 saturated carbocycles. The summed E-state index contributed by atoms with van der Waals surface area (Å²) in [4.78, 5) is 0. The summed E-state index contributed by atoms with van der Waals surface area (Å²) in [6.45, 7) is 4.74. The molecule has 1 atom stereocenters. The Kier molecular flexibility index (Phi) is 3.32. The normalized spacial score (nSPS) is 30.3. The first-order chi connectivity index (χ1) is 5.97. The molecule has 0 aromatic rings. The van der Waals surface area contributed by atoms with E-state index in [9.17, 15) is 8.42 Å². The van der Waals surface area contributed by atoms with E-state index in [2.05, 4.69) is 4.72 Å². The molecule has 0 spiro atoms. The van der Waals surface area contributed by atoms with Crippen LogP contribution in [0.15, 0.2) is 0 Å². The summed E-state index contributed by atoms with van der Waals surface area (Å²) in [6.07, 6.45) is 1.77. The zero-order valence-corrected chi connectivity index (χ0v) is 8.99. The molecule has 1 unspecified atom stereocenters. The number of rotatable bonds is 3. The van der Waals surface area contributed by atoms with E-state index >= 15 is 0 Å². The van der Waals surface area contributed by atoms with Crippen molar-refractivity contribution >= 4 is 10.0 Å². The summed E-state index contributed by atoms with van der Waals surface area (Å²) in [5.74, 6) is 0.128. The van der Waals surface area contributed by atoms with Crippen LogP contribution >= 0.6 is 0 Å². The van der Waals surface area contributed by atoms with Crippen molar-refractivity contribution in [1.82, 2.24) is 4.72 Å². The molecule has 1 fully saturated rings. The lowest BCUT2D eigenvalue weighted by Gasteiger charge is -2.33. The second-order valence-electron chi connectivity index (χ2n) is 3.72. The smallest absolute Gasteiger partial charge is 0.211 e. The van der Waals surface area contributed by atoms with Crippen LogP contribution in [0.3, 0.4) is 0 Å². The van der Waals surface area contributed by atoms with Crippen LogP contribution in [0.5, 0.6) is 0 Å². The molecule has 0 aliphatic carbocycles. The lowest BCUT2D eigenvalue weighted by molar-refractivity contribution is 0.0387. The second kappa shape index (κ2) is 3.94. The van der Waals surface area contributed by atoms with Crippen LogP contribution in [0.25, 0.3) is 0 Å². The van der Waals surface area contributed by atoms with Gasteiger partial charge in [-0.3, -0.25) is 0 Å². The minimum atomic E-state index is -3.11. The predicted octanol–water partition coefficient (Wildman–Crippen LogP) is 0.495. The summed E-state index contributed by atoms with van der Waals surface area (Å²) < 4.78 is 30.5. The summed E-state index contributed by atoms with van der Waals surface area (Å²) in [5.41, 5.74) is -0.396. The molecule has 0 bridgehead atoms. The Balaban J connectivity index is 2.60. The molecule has 0 radical (unpaired) electrons. The summed E-state index contributed by atoms with van der Waals surface area (Å²) in [5, 5.41) is 0. The number of hydrogen-bond donors (Lipinski definition) is 1. The van der Waals surface area contributed by atoms with Gasteiger partial charge in [0.25, 0.3) is 0 Å². The van der Waals surface area contributed by atoms with Gasteiger partial charge in [-0.25, -0.2) is 13.1 Å². The van der Waals surface area contributed by atoms with Crippen molar-refractivity contribution in [3.8, 4) is 0 Å². The fraction of sp³-hybridized carbons (Fsp3) is 1.00. The highest BCUT2D eigenvalue weighted by Crippen LogP contribution is 2.19. The van der Waals surface area contributed by atoms with Crippen LogP contribution in [0.4, 0.5) is 0 Å². The zero-order chi connectivity index (χ0) is 9.95. The van der Waals surface area contributed by atoms with Crippen molar-refractivity contribution in [2.45, 2.75) is 32.2 Å². The van der Waals surface area contributed by atoms with E-state index in [0.29, 0.717) is 6.61 Å². The molecule has 0 amide bonds. The van der Waals surface area contributed by atoms with E-state index in [1.54, 1.807) is 6.92 Å². The Bertz CT molecular complexity index is 255. The van der Waals surface area contributed by atoms with Crippen LogP contribution in [-0.4, -0.2) is 32.9 Å². The van der Waals surface area contributed by atoms with Gasteiger partial charge in [0, 0.05) is 6.61 Å². The highest BCUT2D eigenvalue weighted by atomic mass is 32.2. The number of ether oxygens (including phenoxy) is 1. The van der Waals surface area contributed by atoms with Crippen LogP contribution in [0, 0.1) is 0 Å². The van der Waals surface area contributed by atoms with Crippen molar-refractivity contribution in [3.63, 3.8) is 0 Å². The SMILES string of the molecule is CCS(=O)(=O)NC1(C)CCCOC1. The predicted molar refractivity (Wildman–Crippen MR) is 51.1 cm³/mol. The first-order valence-electron chi connectivity index (χ1n) is 4.57. The van der Waals surface area contributed by atoms with Gasteiger partial charge in [0.15, 0.2) is 0 Å². The van der Waals surface area contributed by atoms with E-state index in [-0.39, 0.29) is 5.75 Å². The average Bonchev–Trinajstić information content (AvgIpc) is 2.04. The van der Waals surface area contributed by atoms with Crippen molar-refractivity contribution in [3.05, 3.63) is 0 Å². The quantitative estimate of drug-likeness (QED) is 0.733. The third kappa shape index (κ3) is 3.25. The zero-order valence-electron chi connectivity index (χ0n) is 8.17. The highest BCUT2D eigenvalue weighted by molar-refractivity contribution is 7.89. The molecule has 5 heteroatoms. The van der Waals surface area contributed by atoms with Crippen LogP contribution in [-0.2, 0) is 14.8 Å². The molecule has 1 aliphatic rings. The fourth-order valence-corrected chi connectivity index (χ4v) is 2.52. The number of nitrogens with one attached hydrogen (secondary N) is 1. The van der Waals surface area contributed by atoms with E-state index in [0.717, 1.165) is 19.4 Å². The van der Waals surface area contributed by atoms with Crippen molar-refractivity contribution in [2.24, 2.45) is 0 Å². The van der Waals surface area contributed by atoms with Gasteiger partial charge in [0.2, 0.25) is 10.0 Å². The van der Waals surface area contributed by atoms with Crippen molar-refractivity contribution in [2.75, 3.05) is 19.0 Å². The van der Waals surface area contributed by atoms with Gasteiger partial charge in [-0.1, -0.05) is 0 Å². The molecule has 1 heterocycles. The molecular formula is C8H17NO3S. The van der Waals surface area contributed by atoms with Crippen molar-refractivity contribution in [1.29, 1.82) is 0 Å². The lowest BCUT2D eigenvalue weighted by atomic mass is 9.97. The highest BCUT2D eigenvalue weighted by Gasteiger charge is 2.31. The topological polar surface area (TPSA) is 55.4 Å². The standard InChI is InChI=1S/C8H17NO3S/c1-3-13(10,11)9-8(2)5-4-6-12-7-8/h9H,3-7H2,1-2H3. The van der Waals surface area contributed by atoms with Gasteiger partial charge < -0.3 is 4.74 Å². The van der Waals surface area contributed by atoms with Gasteiger partial charge in [0.05, 0.1) is 17.9 Å². The summed E-state index contributed by atoms with van der Waals surface area (Å²) in [7, 11) is -3.11. The molecule has 1 saturated heterocycles. The number of hydrogen-bond acceptors (Lipinski definition) is 3. The van der Waals surface area contributed by atoms with E-state index in [4.69, 9.17) is 4.74 Å². The minimum Gasteiger partial charge on any atom is -0.380 e. The van der Waals surface area contributed by atoms with Crippen LogP contribution < -0.4 is 4.72 Å². The molecule has 0 aromatic heterocycles. The summed E-state index contributed by atoms with van der Waals surface area (Å²) >= 11 is 0. The van der Waals surface area contributed by atoms with E-state index in [1.165, 1.54) is 0 Å². The van der Waals surface area contributed by atoms with Gasteiger partial charge in [-0.2, -0.15) is 0 Å². The van der Waals surface area contributed by atoms with E-state index in [1.807, 2.05) is 6.92 Å². The maximum Gasteiger partial charge on any atom is 0.211 e. The maximum absolute atomic E-state index is 11.3. The molecule has 4 nitrogen and oxygen atoms in total. The molecule has 1 rings (SSSR count). The fourth-order valence-electron chi connectivity index (χ4n) is 1.46.